The molecule has 0 aromatic carbocycles. The van der Waals surface area contributed by atoms with Crippen molar-refractivity contribution < 1.29 is 14.0 Å². The van der Waals surface area contributed by atoms with Crippen LogP contribution in [0, 0.1) is 0 Å². The van der Waals surface area contributed by atoms with Crippen molar-refractivity contribution in [2.75, 3.05) is 7.11 Å². The molecule has 0 aliphatic rings. The van der Waals surface area contributed by atoms with E-state index in [2.05, 4.69) is 4.52 Å². The van der Waals surface area contributed by atoms with E-state index in [4.69, 9.17) is 4.89 Å². The second-order valence-corrected chi connectivity index (χ2v) is 3.33. The predicted octanol–water partition coefficient (Wildman–Crippen LogP) is 1.74. The second-order valence-electron chi connectivity index (χ2n) is 1.54. The van der Waals surface area contributed by atoms with Crippen LogP contribution in [-0.2, 0) is 9.09 Å². The van der Waals surface area contributed by atoms with Gasteiger partial charge in [-0.25, -0.2) is 0 Å². The molecule has 4 heteroatoms. The maximum atomic E-state index is 10.6. The van der Waals surface area contributed by atoms with E-state index in [1.807, 2.05) is 6.92 Å². The van der Waals surface area contributed by atoms with E-state index in [9.17, 15) is 4.57 Å². The normalized spacial score (nSPS) is 18.1. The summed E-state index contributed by atoms with van der Waals surface area (Å²) in [6.45, 7) is 1.88. The first-order valence-electron chi connectivity index (χ1n) is 2.68. The molecule has 0 aromatic rings. The summed E-state index contributed by atoms with van der Waals surface area (Å²) < 4.78 is 14.9. The molecule has 0 bridgehead atoms. The van der Waals surface area contributed by atoms with Crippen LogP contribution in [0.3, 0.4) is 0 Å². The molecule has 1 unspecified atom stereocenters. The molecule has 0 radical (unpaired) electrons. The van der Waals surface area contributed by atoms with Crippen molar-refractivity contribution in [1.82, 2.24) is 0 Å². The SMILES string of the molecule is CCC=CP(=O)(O)OC. The summed E-state index contributed by atoms with van der Waals surface area (Å²) in [6.07, 6.45) is 2.35. The van der Waals surface area contributed by atoms with Gasteiger partial charge in [-0.05, 0) is 6.42 Å². The van der Waals surface area contributed by atoms with Gasteiger partial charge in [-0.3, -0.25) is 4.57 Å². The minimum atomic E-state index is -3.37. The predicted molar refractivity (Wildman–Crippen MR) is 36.3 cm³/mol. The lowest BCUT2D eigenvalue weighted by Gasteiger charge is -1.99. The summed E-state index contributed by atoms with van der Waals surface area (Å²) in [5, 5.41) is 0. The van der Waals surface area contributed by atoms with E-state index < -0.39 is 7.60 Å². The largest absolute Gasteiger partial charge is 0.351 e. The third-order valence-electron chi connectivity index (χ3n) is 0.791. The first-order valence-corrected chi connectivity index (χ1v) is 4.33. The molecule has 3 nitrogen and oxygen atoms in total. The van der Waals surface area contributed by atoms with Crippen molar-refractivity contribution in [1.29, 1.82) is 0 Å². The highest BCUT2D eigenvalue weighted by Gasteiger charge is 2.09. The number of rotatable bonds is 3. The van der Waals surface area contributed by atoms with E-state index in [1.165, 1.54) is 12.9 Å². The van der Waals surface area contributed by atoms with Crippen molar-refractivity contribution >= 4 is 7.60 Å². The zero-order chi connectivity index (χ0) is 7.33. The minimum absolute atomic E-state index is 0.744. The van der Waals surface area contributed by atoms with Crippen molar-refractivity contribution in [3.8, 4) is 0 Å². The first-order chi connectivity index (χ1) is 4.12. The maximum Gasteiger partial charge on any atom is 0.351 e. The van der Waals surface area contributed by atoms with Crippen molar-refractivity contribution in [3.05, 3.63) is 11.9 Å². The monoisotopic (exact) mass is 150 g/mol. The molecule has 0 aliphatic heterocycles. The third-order valence-corrected chi connectivity index (χ3v) is 1.90. The Morgan fingerprint density at radius 2 is 2.33 bits per heavy atom. The van der Waals surface area contributed by atoms with Gasteiger partial charge in [-0.1, -0.05) is 13.0 Å². The van der Waals surface area contributed by atoms with Crippen molar-refractivity contribution in [3.63, 3.8) is 0 Å². The van der Waals surface area contributed by atoms with Crippen LogP contribution in [0.1, 0.15) is 13.3 Å². The molecule has 0 saturated heterocycles. The topological polar surface area (TPSA) is 46.5 Å². The van der Waals surface area contributed by atoms with Gasteiger partial charge in [0.05, 0.1) is 0 Å². The maximum absolute atomic E-state index is 10.6. The molecule has 0 fully saturated rings. The van der Waals surface area contributed by atoms with Crippen LogP contribution in [0.25, 0.3) is 0 Å². The van der Waals surface area contributed by atoms with E-state index >= 15 is 0 Å². The zero-order valence-electron chi connectivity index (χ0n) is 5.57. The smallest absolute Gasteiger partial charge is 0.321 e. The molecule has 0 aromatic heterocycles. The molecule has 1 atom stereocenters. The molecular weight excluding hydrogens is 139 g/mol. The molecule has 0 aliphatic carbocycles. The molecule has 0 spiro atoms. The number of allylic oxidation sites excluding steroid dienone is 1. The fourth-order valence-electron chi connectivity index (χ4n) is 0.299. The summed E-state index contributed by atoms with van der Waals surface area (Å²) in [6, 6.07) is 0. The number of hydrogen-bond acceptors (Lipinski definition) is 2. The summed E-state index contributed by atoms with van der Waals surface area (Å²) >= 11 is 0. The molecule has 0 heterocycles. The molecule has 54 valence electrons. The molecule has 1 N–H and O–H groups in total. The van der Waals surface area contributed by atoms with Gasteiger partial charge in [0.2, 0.25) is 0 Å². The minimum Gasteiger partial charge on any atom is -0.321 e. The molecule has 0 saturated carbocycles. The standard InChI is InChI=1S/C5H11O3P/c1-3-4-5-9(6,7)8-2/h4-5H,3H2,1-2H3,(H,6,7). The van der Waals surface area contributed by atoms with Gasteiger partial charge in [-0.15, -0.1) is 0 Å². The average Bonchev–Trinajstić information content (AvgIpc) is 1.84. The first kappa shape index (κ1) is 8.89. The van der Waals surface area contributed by atoms with Crippen molar-refractivity contribution in [2.24, 2.45) is 0 Å². The highest BCUT2D eigenvalue weighted by Crippen LogP contribution is 2.42. The quantitative estimate of drug-likeness (QED) is 0.623. The molecule has 9 heavy (non-hydrogen) atoms. The van der Waals surface area contributed by atoms with Crippen LogP contribution in [0.2, 0.25) is 0 Å². The van der Waals surface area contributed by atoms with E-state index in [0.29, 0.717) is 0 Å². The summed E-state index contributed by atoms with van der Waals surface area (Å²) in [5.41, 5.74) is 0. The van der Waals surface area contributed by atoms with Gasteiger partial charge in [-0.2, -0.15) is 0 Å². The number of hydrogen-bond donors (Lipinski definition) is 1. The van der Waals surface area contributed by atoms with Crippen LogP contribution >= 0.6 is 7.60 Å². The second kappa shape index (κ2) is 3.83. The summed E-state index contributed by atoms with van der Waals surface area (Å²) in [5.74, 6) is 1.19. The average molecular weight is 150 g/mol. The van der Waals surface area contributed by atoms with Gasteiger partial charge in [0, 0.05) is 12.9 Å². The third kappa shape index (κ3) is 4.40. The highest BCUT2D eigenvalue weighted by atomic mass is 31.2. The van der Waals surface area contributed by atoms with Crippen LogP contribution in [-0.4, -0.2) is 12.0 Å². The Morgan fingerprint density at radius 1 is 1.78 bits per heavy atom. The van der Waals surface area contributed by atoms with Crippen LogP contribution < -0.4 is 0 Å². The Balaban J connectivity index is 3.86. The lowest BCUT2D eigenvalue weighted by Crippen LogP contribution is -1.75. The Bertz CT molecular complexity index is 141. The fourth-order valence-corrected chi connectivity index (χ4v) is 0.898. The Labute approximate surface area is 54.9 Å². The van der Waals surface area contributed by atoms with Crippen LogP contribution in [0.4, 0.5) is 0 Å². The van der Waals surface area contributed by atoms with Gasteiger partial charge in [0.1, 0.15) is 0 Å². The van der Waals surface area contributed by atoms with E-state index in [-0.39, 0.29) is 0 Å². The fraction of sp³-hybridized carbons (Fsp3) is 0.600. The highest BCUT2D eigenvalue weighted by molar-refractivity contribution is 7.56. The van der Waals surface area contributed by atoms with Crippen molar-refractivity contribution in [2.45, 2.75) is 13.3 Å². The molecular formula is C5H11O3P. The Hall–Kier alpha value is -0.110. The van der Waals surface area contributed by atoms with Crippen LogP contribution in [0.15, 0.2) is 11.9 Å². The Kier molecular flexibility index (Phi) is 3.78. The van der Waals surface area contributed by atoms with E-state index in [0.717, 1.165) is 6.42 Å². The summed E-state index contributed by atoms with van der Waals surface area (Å²) in [7, 11) is -2.16. The lowest BCUT2D eigenvalue weighted by atomic mass is 10.5. The van der Waals surface area contributed by atoms with Gasteiger partial charge < -0.3 is 9.42 Å². The van der Waals surface area contributed by atoms with Gasteiger partial charge >= 0.3 is 7.60 Å². The van der Waals surface area contributed by atoms with Gasteiger partial charge in [0.15, 0.2) is 0 Å². The lowest BCUT2D eigenvalue weighted by molar-refractivity contribution is 0.326. The van der Waals surface area contributed by atoms with E-state index in [1.54, 1.807) is 6.08 Å². The molecule has 0 amide bonds. The molecule has 0 rings (SSSR count). The zero-order valence-corrected chi connectivity index (χ0v) is 6.47. The summed E-state index contributed by atoms with van der Waals surface area (Å²) in [4.78, 5) is 8.70. The van der Waals surface area contributed by atoms with Gasteiger partial charge in [0.25, 0.3) is 0 Å². The van der Waals surface area contributed by atoms with Crippen LogP contribution in [0.5, 0.6) is 0 Å². The Morgan fingerprint density at radius 3 is 2.67 bits per heavy atom.